The van der Waals surface area contributed by atoms with Gasteiger partial charge in [-0.2, -0.15) is 0 Å². The first kappa shape index (κ1) is 14.0. The lowest BCUT2D eigenvalue weighted by Gasteiger charge is -2.12. The molecule has 0 aliphatic heterocycles. The van der Waals surface area contributed by atoms with Gasteiger partial charge in [0, 0.05) is 6.42 Å². The van der Waals surface area contributed by atoms with E-state index in [2.05, 4.69) is 9.47 Å². The average Bonchev–Trinajstić information content (AvgIpc) is 2.43. The second-order valence-electron chi connectivity index (χ2n) is 3.55. The highest BCUT2D eigenvalue weighted by molar-refractivity contribution is 5.94. The number of hydrogen-bond acceptors (Lipinski definition) is 5. The Morgan fingerprint density at radius 1 is 1.06 bits per heavy atom. The third-order valence-corrected chi connectivity index (χ3v) is 2.39. The summed E-state index contributed by atoms with van der Waals surface area (Å²) in [5, 5.41) is 0. The summed E-state index contributed by atoms with van der Waals surface area (Å²) in [6.07, 6.45) is 0.217. The number of esters is 2. The van der Waals surface area contributed by atoms with Crippen molar-refractivity contribution in [2.75, 3.05) is 20.8 Å². The van der Waals surface area contributed by atoms with Crippen molar-refractivity contribution in [3.05, 3.63) is 30.3 Å². The van der Waals surface area contributed by atoms with Gasteiger partial charge < -0.3 is 14.2 Å². The summed E-state index contributed by atoms with van der Waals surface area (Å²) in [6, 6.07) is 9.15. The zero-order chi connectivity index (χ0) is 13.4. The molecule has 1 aromatic carbocycles. The van der Waals surface area contributed by atoms with Crippen molar-refractivity contribution in [3.63, 3.8) is 0 Å². The van der Waals surface area contributed by atoms with Crippen molar-refractivity contribution >= 4 is 11.9 Å². The van der Waals surface area contributed by atoms with Gasteiger partial charge in [-0.15, -0.1) is 0 Å². The Hall–Kier alpha value is -2.04. The third-order valence-electron chi connectivity index (χ3n) is 2.39. The lowest BCUT2D eigenvalue weighted by Crippen LogP contribution is -2.28. The molecule has 0 N–H and O–H groups in total. The fraction of sp³-hybridized carbons (Fsp3) is 0.385. The highest BCUT2D eigenvalue weighted by atomic mass is 16.5. The lowest BCUT2D eigenvalue weighted by molar-refractivity contribution is -0.159. The molecule has 0 fully saturated rings. The third kappa shape index (κ3) is 4.08. The van der Waals surface area contributed by atoms with E-state index in [0.717, 1.165) is 0 Å². The molecular weight excluding hydrogens is 236 g/mol. The van der Waals surface area contributed by atoms with Crippen LogP contribution in [0.15, 0.2) is 30.3 Å². The minimum atomic E-state index is -0.941. The predicted molar refractivity (Wildman–Crippen MR) is 64.1 cm³/mol. The van der Waals surface area contributed by atoms with Crippen LogP contribution in [0, 0.1) is 5.92 Å². The maximum absolute atomic E-state index is 11.4. The first-order chi connectivity index (χ1) is 8.69. The standard InChI is InChI=1S/C13H16O5/c1-16-12(14)11(13(15)17-2)8-9-18-10-6-4-3-5-7-10/h3-7,11H,8-9H2,1-2H3. The van der Waals surface area contributed by atoms with Gasteiger partial charge >= 0.3 is 11.9 Å². The Balaban J connectivity index is 2.47. The van der Waals surface area contributed by atoms with E-state index in [1.165, 1.54) is 14.2 Å². The molecule has 0 bridgehead atoms. The van der Waals surface area contributed by atoms with E-state index in [-0.39, 0.29) is 13.0 Å². The Morgan fingerprint density at radius 2 is 1.61 bits per heavy atom. The SMILES string of the molecule is COC(=O)C(CCOc1ccccc1)C(=O)OC. The van der Waals surface area contributed by atoms with Gasteiger partial charge in [0.25, 0.3) is 0 Å². The molecule has 0 radical (unpaired) electrons. The van der Waals surface area contributed by atoms with Gasteiger partial charge in [-0.3, -0.25) is 9.59 Å². The minimum absolute atomic E-state index is 0.217. The number of carbonyl (C=O) groups excluding carboxylic acids is 2. The van der Waals surface area contributed by atoms with Gasteiger partial charge in [0.05, 0.1) is 20.8 Å². The van der Waals surface area contributed by atoms with Crippen LogP contribution < -0.4 is 4.74 Å². The first-order valence-electron chi connectivity index (χ1n) is 5.52. The van der Waals surface area contributed by atoms with E-state index >= 15 is 0 Å². The summed E-state index contributed by atoms with van der Waals surface area (Å²) in [6.45, 7) is 0.235. The van der Waals surface area contributed by atoms with E-state index in [1.54, 1.807) is 12.1 Å². The van der Waals surface area contributed by atoms with Crippen LogP contribution in [0.1, 0.15) is 6.42 Å². The summed E-state index contributed by atoms with van der Waals surface area (Å²) < 4.78 is 14.5. The molecule has 0 aliphatic rings. The topological polar surface area (TPSA) is 61.8 Å². The molecule has 1 aromatic rings. The van der Waals surface area contributed by atoms with E-state index in [0.29, 0.717) is 5.75 Å². The number of rotatable bonds is 6. The molecule has 5 heteroatoms. The molecule has 0 unspecified atom stereocenters. The number of benzene rings is 1. The van der Waals surface area contributed by atoms with Gasteiger partial charge in [0.1, 0.15) is 5.75 Å². The largest absolute Gasteiger partial charge is 0.494 e. The van der Waals surface area contributed by atoms with Crippen LogP contribution >= 0.6 is 0 Å². The van der Waals surface area contributed by atoms with Crippen LogP contribution in [0.25, 0.3) is 0 Å². The maximum Gasteiger partial charge on any atom is 0.320 e. The summed E-state index contributed by atoms with van der Waals surface area (Å²) in [4.78, 5) is 22.8. The van der Waals surface area contributed by atoms with Crippen molar-refractivity contribution in [1.82, 2.24) is 0 Å². The summed E-state index contributed by atoms with van der Waals surface area (Å²) in [5.41, 5.74) is 0. The van der Waals surface area contributed by atoms with Crippen molar-refractivity contribution < 1.29 is 23.8 Å². The van der Waals surface area contributed by atoms with E-state index in [9.17, 15) is 9.59 Å². The molecule has 0 spiro atoms. The van der Waals surface area contributed by atoms with Crippen LogP contribution in [0.5, 0.6) is 5.75 Å². The monoisotopic (exact) mass is 252 g/mol. The van der Waals surface area contributed by atoms with Gasteiger partial charge in [-0.1, -0.05) is 18.2 Å². The predicted octanol–water partition coefficient (Wildman–Crippen LogP) is 1.42. The summed E-state index contributed by atoms with van der Waals surface area (Å²) >= 11 is 0. The Labute approximate surface area is 106 Å². The smallest absolute Gasteiger partial charge is 0.320 e. The van der Waals surface area contributed by atoms with Gasteiger partial charge in [-0.05, 0) is 12.1 Å². The minimum Gasteiger partial charge on any atom is -0.494 e. The Kier molecular flexibility index (Phi) is 5.70. The van der Waals surface area contributed by atoms with Gasteiger partial charge in [-0.25, -0.2) is 0 Å². The van der Waals surface area contributed by atoms with Crippen LogP contribution in [0.3, 0.4) is 0 Å². The number of ether oxygens (including phenoxy) is 3. The van der Waals surface area contributed by atoms with Crippen molar-refractivity contribution in [2.24, 2.45) is 5.92 Å². The number of hydrogen-bond donors (Lipinski definition) is 0. The van der Waals surface area contributed by atoms with Crippen LogP contribution in [0.4, 0.5) is 0 Å². The van der Waals surface area contributed by atoms with E-state index in [4.69, 9.17) is 4.74 Å². The zero-order valence-electron chi connectivity index (χ0n) is 10.4. The molecule has 0 saturated heterocycles. The maximum atomic E-state index is 11.4. The van der Waals surface area contributed by atoms with Crippen LogP contribution in [0.2, 0.25) is 0 Å². The molecule has 0 aromatic heterocycles. The highest BCUT2D eigenvalue weighted by Crippen LogP contribution is 2.12. The molecule has 0 heterocycles. The number of carbonyl (C=O) groups is 2. The van der Waals surface area contributed by atoms with Crippen LogP contribution in [-0.4, -0.2) is 32.8 Å². The van der Waals surface area contributed by atoms with Gasteiger partial charge in [0.15, 0.2) is 5.92 Å². The van der Waals surface area contributed by atoms with Crippen molar-refractivity contribution in [3.8, 4) is 5.75 Å². The molecule has 98 valence electrons. The van der Waals surface area contributed by atoms with Gasteiger partial charge in [0.2, 0.25) is 0 Å². The number of para-hydroxylation sites is 1. The quantitative estimate of drug-likeness (QED) is 0.566. The zero-order valence-corrected chi connectivity index (χ0v) is 10.4. The van der Waals surface area contributed by atoms with E-state index in [1.807, 2.05) is 18.2 Å². The first-order valence-corrected chi connectivity index (χ1v) is 5.52. The molecule has 0 aliphatic carbocycles. The number of methoxy groups -OCH3 is 2. The highest BCUT2D eigenvalue weighted by Gasteiger charge is 2.28. The van der Waals surface area contributed by atoms with Crippen molar-refractivity contribution in [1.29, 1.82) is 0 Å². The molecule has 0 saturated carbocycles. The Morgan fingerprint density at radius 3 is 2.11 bits per heavy atom. The average molecular weight is 252 g/mol. The molecule has 0 amide bonds. The van der Waals surface area contributed by atoms with Crippen molar-refractivity contribution in [2.45, 2.75) is 6.42 Å². The fourth-order valence-electron chi connectivity index (χ4n) is 1.43. The second kappa shape index (κ2) is 7.32. The molecule has 18 heavy (non-hydrogen) atoms. The van der Waals surface area contributed by atoms with E-state index < -0.39 is 17.9 Å². The fourth-order valence-corrected chi connectivity index (χ4v) is 1.43. The summed E-state index contributed by atoms with van der Waals surface area (Å²) in [7, 11) is 2.46. The Bertz CT molecular complexity index is 372. The molecule has 1 rings (SSSR count). The lowest BCUT2D eigenvalue weighted by atomic mass is 10.1. The second-order valence-corrected chi connectivity index (χ2v) is 3.55. The summed E-state index contributed by atoms with van der Waals surface area (Å²) in [5.74, 6) is -1.48. The van der Waals surface area contributed by atoms with Crippen LogP contribution in [-0.2, 0) is 19.1 Å². The molecule has 5 nitrogen and oxygen atoms in total. The normalized spacial score (nSPS) is 9.94. The molecule has 0 atom stereocenters. The molecular formula is C13H16O5.